The molecule has 1 aromatic heterocycles. The van der Waals surface area contributed by atoms with E-state index in [1.807, 2.05) is 54.1 Å². The zero-order valence-electron chi connectivity index (χ0n) is 16.7. The Bertz CT molecular complexity index is 930. The number of hydrogen-bond acceptors (Lipinski definition) is 4. The number of aromatic nitrogens is 1. The Morgan fingerprint density at radius 3 is 2.61 bits per heavy atom. The summed E-state index contributed by atoms with van der Waals surface area (Å²) in [5, 5.41) is 0. The van der Waals surface area contributed by atoms with Crippen LogP contribution in [0, 0.1) is 19.3 Å². The van der Waals surface area contributed by atoms with Crippen molar-refractivity contribution in [2.45, 2.75) is 26.8 Å². The fourth-order valence-electron chi connectivity index (χ4n) is 4.62. The van der Waals surface area contributed by atoms with Gasteiger partial charge in [0.2, 0.25) is 0 Å². The Morgan fingerprint density at radius 1 is 1.11 bits per heavy atom. The number of aryl methyl sites for hydroxylation is 2. The minimum atomic E-state index is 0.0358. The number of rotatable bonds is 1. The van der Waals surface area contributed by atoms with Gasteiger partial charge < -0.3 is 14.5 Å². The molecule has 0 N–H and O–H groups in total. The summed E-state index contributed by atoms with van der Waals surface area (Å²) in [4.78, 5) is 23.9. The van der Waals surface area contributed by atoms with Crippen LogP contribution >= 0.6 is 0 Å². The molecule has 28 heavy (non-hydrogen) atoms. The van der Waals surface area contributed by atoms with Crippen molar-refractivity contribution in [3.8, 4) is 5.75 Å². The molecule has 3 aliphatic heterocycles. The summed E-state index contributed by atoms with van der Waals surface area (Å²) in [6.07, 6.45) is 1.87. The average molecular weight is 378 g/mol. The van der Waals surface area contributed by atoms with Gasteiger partial charge in [0.25, 0.3) is 0 Å². The fraction of sp³-hybridized carbons (Fsp3) is 0.455. The Labute approximate surface area is 165 Å². The van der Waals surface area contributed by atoms with Crippen LogP contribution < -0.4 is 14.5 Å². The number of hydrogen-bond donors (Lipinski definition) is 0. The summed E-state index contributed by atoms with van der Waals surface area (Å²) in [5.74, 6) is 1.85. The number of pyridine rings is 1. The van der Waals surface area contributed by atoms with Crippen LogP contribution in [-0.2, 0) is 0 Å². The summed E-state index contributed by atoms with van der Waals surface area (Å²) in [5.41, 5.74) is 3.48. The molecule has 1 atom stereocenters. The lowest BCUT2D eigenvalue weighted by Crippen LogP contribution is -2.74. The Kier molecular flexibility index (Phi) is 3.79. The van der Waals surface area contributed by atoms with Crippen molar-refractivity contribution >= 4 is 17.5 Å². The maximum Gasteiger partial charge on any atom is 0.325 e. The minimum Gasteiger partial charge on any atom is -0.489 e. The van der Waals surface area contributed by atoms with Crippen molar-refractivity contribution in [3.05, 3.63) is 47.7 Å². The Balaban J connectivity index is 1.26. The van der Waals surface area contributed by atoms with Gasteiger partial charge in [-0.25, -0.2) is 9.78 Å². The molecule has 0 bridgehead atoms. The third-order valence-electron chi connectivity index (χ3n) is 6.10. The van der Waals surface area contributed by atoms with Crippen LogP contribution in [-0.4, -0.2) is 54.7 Å². The number of urea groups is 1. The highest BCUT2D eigenvalue weighted by molar-refractivity contribution is 5.95. The standard InChI is InChI=1S/C22H26N4O2/c1-15-4-5-18-19(8-15)28-10-17(3)26(18)21(27)25-13-22(14-25)11-24(12-22)20-9-16(2)6-7-23-20/h4-9,17H,10-14H2,1-3H3. The maximum absolute atomic E-state index is 13.2. The molecule has 2 saturated heterocycles. The molecule has 1 aromatic carbocycles. The van der Waals surface area contributed by atoms with Gasteiger partial charge in [-0.15, -0.1) is 0 Å². The van der Waals surface area contributed by atoms with Crippen molar-refractivity contribution < 1.29 is 9.53 Å². The van der Waals surface area contributed by atoms with Crippen LogP contribution in [0.3, 0.4) is 0 Å². The molecule has 2 aromatic rings. The van der Waals surface area contributed by atoms with Gasteiger partial charge >= 0.3 is 6.03 Å². The Morgan fingerprint density at radius 2 is 1.86 bits per heavy atom. The normalized spacial score (nSPS) is 22.2. The van der Waals surface area contributed by atoms with E-state index < -0.39 is 0 Å². The summed E-state index contributed by atoms with van der Waals surface area (Å²) < 4.78 is 5.85. The lowest BCUT2D eigenvalue weighted by atomic mass is 9.73. The lowest BCUT2D eigenvalue weighted by Gasteiger charge is -2.61. The van der Waals surface area contributed by atoms with E-state index in [1.165, 1.54) is 5.56 Å². The predicted molar refractivity (Wildman–Crippen MR) is 109 cm³/mol. The molecule has 6 heteroatoms. The second kappa shape index (κ2) is 6.12. The van der Waals surface area contributed by atoms with Crippen LogP contribution in [0.1, 0.15) is 18.1 Å². The van der Waals surface area contributed by atoms with E-state index in [9.17, 15) is 4.79 Å². The molecule has 0 radical (unpaired) electrons. The number of benzene rings is 1. The third-order valence-corrected chi connectivity index (χ3v) is 6.10. The minimum absolute atomic E-state index is 0.0358. The van der Waals surface area contributed by atoms with E-state index in [4.69, 9.17) is 4.74 Å². The molecule has 2 amide bonds. The number of ether oxygens (including phenoxy) is 1. The van der Waals surface area contributed by atoms with Crippen molar-refractivity contribution in [3.63, 3.8) is 0 Å². The van der Waals surface area contributed by atoms with Crippen LogP contribution in [0.15, 0.2) is 36.5 Å². The van der Waals surface area contributed by atoms with Crippen molar-refractivity contribution in [1.29, 1.82) is 0 Å². The SMILES string of the molecule is Cc1ccnc(N2CC3(CN(C(=O)N4c5ccc(C)cc5OCC4C)C3)C2)c1. The summed E-state index contributed by atoms with van der Waals surface area (Å²) in [7, 11) is 0. The van der Waals surface area contributed by atoms with E-state index in [2.05, 4.69) is 22.9 Å². The highest BCUT2D eigenvalue weighted by atomic mass is 16.5. The third kappa shape index (κ3) is 2.70. The van der Waals surface area contributed by atoms with Crippen molar-refractivity contribution in [1.82, 2.24) is 9.88 Å². The number of carbonyl (C=O) groups is 1. The van der Waals surface area contributed by atoms with Crippen LogP contribution in [0.25, 0.3) is 0 Å². The smallest absolute Gasteiger partial charge is 0.325 e. The first-order valence-corrected chi connectivity index (χ1v) is 9.93. The summed E-state index contributed by atoms with van der Waals surface area (Å²) >= 11 is 0. The lowest BCUT2D eigenvalue weighted by molar-refractivity contribution is 0.00857. The molecule has 4 heterocycles. The molecular formula is C22H26N4O2. The first-order chi connectivity index (χ1) is 13.4. The second-order valence-electron chi connectivity index (χ2n) is 8.69. The average Bonchev–Trinajstić information content (AvgIpc) is 2.59. The topological polar surface area (TPSA) is 48.9 Å². The van der Waals surface area contributed by atoms with Crippen LogP contribution in [0.2, 0.25) is 0 Å². The fourth-order valence-corrected chi connectivity index (χ4v) is 4.62. The number of fused-ring (bicyclic) bond motifs is 1. The number of likely N-dealkylation sites (tertiary alicyclic amines) is 1. The molecule has 0 saturated carbocycles. The van der Waals surface area contributed by atoms with Crippen LogP contribution in [0.4, 0.5) is 16.3 Å². The number of amides is 2. The molecule has 1 unspecified atom stereocenters. The number of carbonyl (C=O) groups excluding carboxylic acids is 1. The molecule has 6 nitrogen and oxygen atoms in total. The van der Waals surface area contributed by atoms with E-state index >= 15 is 0 Å². The van der Waals surface area contributed by atoms with Gasteiger partial charge in [-0.1, -0.05) is 6.07 Å². The van der Waals surface area contributed by atoms with E-state index in [-0.39, 0.29) is 17.5 Å². The highest BCUT2D eigenvalue weighted by Gasteiger charge is 2.54. The maximum atomic E-state index is 13.2. The first kappa shape index (κ1) is 17.3. The summed E-state index contributed by atoms with van der Waals surface area (Å²) in [6, 6.07) is 10.3. The predicted octanol–water partition coefficient (Wildman–Crippen LogP) is 3.23. The zero-order valence-corrected chi connectivity index (χ0v) is 16.7. The molecule has 1 spiro atoms. The second-order valence-corrected chi connectivity index (χ2v) is 8.69. The molecular weight excluding hydrogens is 352 g/mol. The van der Waals surface area contributed by atoms with Gasteiger partial charge in [-0.3, -0.25) is 4.90 Å². The molecule has 3 aliphatic rings. The van der Waals surface area contributed by atoms with E-state index in [1.54, 1.807) is 0 Å². The van der Waals surface area contributed by atoms with Gasteiger partial charge in [0.1, 0.15) is 18.2 Å². The highest BCUT2D eigenvalue weighted by Crippen LogP contribution is 2.43. The molecule has 5 rings (SSSR count). The van der Waals surface area contributed by atoms with Gasteiger partial charge in [-0.05, 0) is 56.2 Å². The van der Waals surface area contributed by atoms with Crippen LogP contribution in [0.5, 0.6) is 5.75 Å². The number of anilines is 2. The Hall–Kier alpha value is -2.76. The van der Waals surface area contributed by atoms with Gasteiger partial charge in [0.15, 0.2) is 0 Å². The number of nitrogens with zero attached hydrogens (tertiary/aromatic N) is 4. The largest absolute Gasteiger partial charge is 0.489 e. The monoisotopic (exact) mass is 378 g/mol. The summed E-state index contributed by atoms with van der Waals surface area (Å²) in [6.45, 7) is 10.3. The van der Waals surface area contributed by atoms with Gasteiger partial charge in [0, 0.05) is 37.8 Å². The molecule has 146 valence electrons. The molecule has 2 fully saturated rings. The first-order valence-electron chi connectivity index (χ1n) is 9.93. The van der Waals surface area contributed by atoms with Crippen molar-refractivity contribution in [2.75, 3.05) is 42.6 Å². The van der Waals surface area contributed by atoms with E-state index in [0.717, 1.165) is 49.0 Å². The van der Waals surface area contributed by atoms with Gasteiger partial charge in [0.05, 0.1) is 11.7 Å². The zero-order chi connectivity index (χ0) is 19.5. The van der Waals surface area contributed by atoms with Crippen molar-refractivity contribution in [2.24, 2.45) is 5.41 Å². The van der Waals surface area contributed by atoms with Gasteiger partial charge in [-0.2, -0.15) is 0 Å². The van der Waals surface area contributed by atoms with E-state index in [0.29, 0.717) is 6.61 Å². The molecule has 0 aliphatic carbocycles. The quantitative estimate of drug-likeness (QED) is 0.765.